The van der Waals surface area contributed by atoms with E-state index in [0.29, 0.717) is 0 Å². The third kappa shape index (κ3) is 1.88. The molecule has 86 valence electrons. The summed E-state index contributed by atoms with van der Waals surface area (Å²) >= 11 is 0. The summed E-state index contributed by atoms with van der Waals surface area (Å²) in [7, 11) is 0. The van der Waals surface area contributed by atoms with Gasteiger partial charge in [0.2, 0.25) is 0 Å². The van der Waals surface area contributed by atoms with Crippen LogP contribution in [0.15, 0.2) is 36.7 Å². The summed E-state index contributed by atoms with van der Waals surface area (Å²) in [6, 6.07) is 7.73. The third-order valence-electron chi connectivity index (χ3n) is 3.32. The molecule has 0 amide bonds. The lowest BCUT2D eigenvalue weighted by molar-refractivity contribution is 0.471. The van der Waals surface area contributed by atoms with Crippen molar-refractivity contribution in [2.24, 2.45) is 0 Å². The van der Waals surface area contributed by atoms with Gasteiger partial charge in [0.15, 0.2) is 0 Å². The molecule has 3 rings (SSSR count). The molecular weight excluding hydrogens is 212 g/mol. The second kappa shape index (κ2) is 4.17. The molecule has 17 heavy (non-hydrogen) atoms. The highest BCUT2D eigenvalue weighted by Crippen LogP contribution is 2.34. The van der Waals surface area contributed by atoms with Crippen molar-refractivity contribution in [3.8, 4) is 5.75 Å². The Morgan fingerprint density at radius 1 is 1.18 bits per heavy atom. The maximum absolute atomic E-state index is 9.27. The standard InChI is InChI=1S/C14H14N2O/c17-11-6-7-13(16-9-11)12-5-1-3-10-4-2-8-15-14(10)12/h2,4,6-9,12,17H,1,3,5H2. The van der Waals surface area contributed by atoms with Gasteiger partial charge in [-0.05, 0) is 43.0 Å². The van der Waals surface area contributed by atoms with E-state index >= 15 is 0 Å². The van der Waals surface area contributed by atoms with E-state index in [0.717, 1.165) is 24.2 Å². The summed E-state index contributed by atoms with van der Waals surface area (Å²) in [4.78, 5) is 8.81. The SMILES string of the molecule is Oc1ccc(C2CCCc3cccnc32)nc1. The average molecular weight is 226 g/mol. The number of aryl methyl sites for hydroxylation is 1. The summed E-state index contributed by atoms with van der Waals surface area (Å²) in [6.45, 7) is 0. The Labute approximate surface area is 100 Å². The van der Waals surface area contributed by atoms with Crippen molar-refractivity contribution >= 4 is 0 Å². The van der Waals surface area contributed by atoms with Crippen LogP contribution >= 0.6 is 0 Å². The molecule has 0 saturated heterocycles. The van der Waals surface area contributed by atoms with Crippen molar-refractivity contribution < 1.29 is 5.11 Å². The molecular formula is C14H14N2O. The molecule has 2 heterocycles. The molecule has 1 aliphatic rings. The van der Waals surface area contributed by atoms with Gasteiger partial charge in [-0.2, -0.15) is 0 Å². The van der Waals surface area contributed by atoms with E-state index in [2.05, 4.69) is 16.0 Å². The van der Waals surface area contributed by atoms with E-state index in [-0.39, 0.29) is 11.7 Å². The van der Waals surface area contributed by atoms with Gasteiger partial charge in [0.1, 0.15) is 5.75 Å². The van der Waals surface area contributed by atoms with Crippen LogP contribution in [0.5, 0.6) is 5.75 Å². The lowest BCUT2D eigenvalue weighted by atomic mass is 9.84. The van der Waals surface area contributed by atoms with E-state index in [1.54, 1.807) is 6.07 Å². The van der Waals surface area contributed by atoms with Gasteiger partial charge in [-0.3, -0.25) is 9.97 Å². The Balaban J connectivity index is 2.03. The Hall–Kier alpha value is -1.90. The first-order valence-electron chi connectivity index (χ1n) is 5.93. The fourth-order valence-corrected chi connectivity index (χ4v) is 2.50. The van der Waals surface area contributed by atoms with Gasteiger partial charge in [-0.25, -0.2) is 0 Å². The highest BCUT2D eigenvalue weighted by molar-refractivity contribution is 5.33. The zero-order valence-corrected chi connectivity index (χ0v) is 9.50. The molecule has 0 spiro atoms. The molecule has 3 nitrogen and oxygen atoms in total. The normalized spacial score (nSPS) is 18.7. The average Bonchev–Trinajstić information content (AvgIpc) is 2.39. The predicted octanol–water partition coefficient (Wildman–Crippen LogP) is 2.65. The molecule has 2 aromatic rings. The number of rotatable bonds is 1. The Morgan fingerprint density at radius 3 is 2.94 bits per heavy atom. The quantitative estimate of drug-likeness (QED) is 0.813. The Kier molecular flexibility index (Phi) is 2.52. The van der Waals surface area contributed by atoms with Gasteiger partial charge in [0.05, 0.1) is 11.9 Å². The van der Waals surface area contributed by atoms with Gasteiger partial charge >= 0.3 is 0 Å². The number of pyridine rings is 2. The van der Waals surface area contributed by atoms with E-state index in [4.69, 9.17) is 0 Å². The van der Waals surface area contributed by atoms with E-state index < -0.39 is 0 Å². The van der Waals surface area contributed by atoms with Crippen LogP contribution in [-0.4, -0.2) is 15.1 Å². The highest BCUT2D eigenvalue weighted by atomic mass is 16.3. The van der Waals surface area contributed by atoms with Gasteiger partial charge in [0.25, 0.3) is 0 Å². The van der Waals surface area contributed by atoms with Crippen LogP contribution in [0.1, 0.15) is 35.7 Å². The van der Waals surface area contributed by atoms with Gasteiger partial charge in [-0.1, -0.05) is 6.07 Å². The van der Waals surface area contributed by atoms with Crippen LogP contribution < -0.4 is 0 Å². The van der Waals surface area contributed by atoms with E-state index in [1.807, 2.05) is 18.3 Å². The summed E-state index contributed by atoms with van der Waals surface area (Å²) in [5.41, 5.74) is 3.48. The van der Waals surface area contributed by atoms with Crippen molar-refractivity contribution in [2.75, 3.05) is 0 Å². The molecule has 1 aliphatic carbocycles. The maximum atomic E-state index is 9.27. The summed E-state index contributed by atoms with van der Waals surface area (Å²) < 4.78 is 0. The number of fused-ring (bicyclic) bond motifs is 1. The van der Waals surface area contributed by atoms with E-state index in [1.165, 1.54) is 18.2 Å². The minimum absolute atomic E-state index is 0.214. The molecule has 0 saturated carbocycles. The second-order valence-electron chi connectivity index (χ2n) is 4.43. The smallest absolute Gasteiger partial charge is 0.133 e. The molecule has 0 radical (unpaired) electrons. The topological polar surface area (TPSA) is 46.0 Å². The lowest BCUT2D eigenvalue weighted by Crippen LogP contribution is -2.13. The number of hydrogen-bond donors (Lipinski definition) is 1. The third-order valence-corrected chi connectivity index (χ3v) is 3.32. The van der Waals surface area contributed by atoms with Crippen LogP contribution in [0.3, 0.4) is 0 Å². The molecule has 1 N–H and O–H groups in total. The fourth-order valence-electron chi connectivity index (χ4n) is 2.50. The van der Waals surface area contributed by atoms with Crippen LogP contribution in [0.2, 0.25) is 0 Å². The Morgan fingerprint density at radius 2 is 2.12 bits per heavy atom. The lowest BCUT2D eigenvalue weighted by Gasteiger charge is -2.23. The van der Waals surface area contributed by atoms with Gasteiger partial charge < -0.3 is 5.11 Å². The zero-order chi connectivity index (χ0) is 11.7. The van der Waals surface area contributed by atoms with Crippen molar-refractivity contribution in [1.82, 2.24) is 9.97 Å². The molecule has 0 fully saturated rings. The van der Waals surface area contributed by atoms with Gasteiger partial charge in [0, 0.05) is 17.8 Å². The predicted molar refractivity (Wildman–Crippen MR) is 64.9 cm³/mol. The van der Waals surface area contributed by atoms with Crippen LogP contribution in [0.4, 0.5) is 0 Å². The number of aromatic hydroxyl groups is 1. The highest BCUT2D eigenvalue weighted by Gasteiger charge is 2.23. The zero-order valence-electron chi connectivity index (χ0n) is 9.50. The molecule has 3 heteroatoms. The van der Waals surface area contributed by atoms with E-state index in [9.17, 15) is 5.11 Å². The van der Waals surface area contributed by atoms with Crippen molar-refractivity contribution in [1.29, 1.82) is 0 Å². The Bertz CT molecular complexity index is 522. The van der Waals surface area contributed by atoms with Crippen molar-refractivity contribution in [3.05, 3.63) is 53.6 Å². The minimum atomic E-state index is 0.214. The maximum Gasteiger partial charge on any atom is 0.133 e. The van der Waals surface area contributed by atoms with Crippen LogP contribution in [0.25, 0.3) is 0 Å². The summed E-state index contributed by atoms with van der Waals surface area (Å²) in [6.07, 6.45) is 6.72. The van der Waals surface area contributed by atoms with Crippen LogP contribution in [-0.2, 0) is 6.42 Å². The first-order valence-corrected chi connectivity index (χ1v) is 5.93. The van der Waals surface area contributed by atoms with Gasteiger partial charge in [-0.15, -0.1) is 0 Å². The first kappa shape index (κ1) is 10.3. The molecule has 0 aliphatic heterocycles. The monoisotopic (exact) mass is 226 g/mol. The molecule has 0 bridgehead atoms. The van der Waals surface area contributed by atoms with Crippen molar-refractivity contribution in [2.45, 2.75) is 25.2 Å². The minimum Gasteiger partial charge on any atom is -0.506 e. The molecule has 1 atom stereocenters. The number of aromatic nitrogens is 2. The number of hydrogen-bond acceptors (Lipinski definition) is 3. The second-order valence-corrected chi connectivity index (χ2v) is 4.43. The molecule has 0 aromatic carbocycles. The number of nitrogens with zero attached hydrogens (tertiary/aromatic N) is 2. The van der Waals surface area contributed by atoms with Crippen LogP contribution in [0, 0.1) is 0 Å². The fraction of sp³-hybridized carbons (Fsp3) is 0.286. The first-order chi connectivity index (χ1) is 8.34. The summed E-state index contributed by atoms with van der Waals surface area (Å²) in [5.74, 6) is 0.492. The molecule has 2 aromatic heterocycles. The van der Waals surface area contributed by atoms with Crippen molar-refractivity contribution in [3.63, 3.8) is 0 Å². The molecule has 1 unspecified atom stereocenters. The largest absolute Gasteiger partial charge is 0.506 e. The summed E-state index contributed by atoms with van der Waals surface area (Å²) in [5, 5.41) is 9.27.